The van der Waals surface area contributed by atoms with Crippen LogP contribution < -0.4 is 20.9 Å². The van der Waals surface area contributed by atoms with Gasteiger partial charge in [-0.05, 0) is 24.1 Å². The Kier molecular flexibility index (Phi) is 5.51. The van der Waals surface area contributed by atoms with Gasteiger partial charge in [0.2, 0.25) is 11.8 Å². The summed E-state index contributed by atoms with van der Waals surface area (Å²) < 4.78 is 0. The first kappa shape index (κ1) is 21.1. The van der Waals surface area contributed by atoms with Gasteiger partial charge in [0.1, 0.15) is 6.04 Å². The zero-order chi connectivity index (χ0) is 22.9. The lowest BCUT2D eigenvalue weighted by Gasteiger charge is -2.31. The standard InChI is InChI=1S/C23H24N6O4/c30-19-5-4-18(21(31)27-19)29-22(32)15-3-1-2-14(20(15)23(29)33)12-26-16-13-25-7-6-17(16)28-10-8-24-9-11-28/h1-3,6-7,13,18,24,26H,4-5,8-12H2,(H,27,30,31). The highest BCUT2D eigenvalue weighted by Gasteiger charge is 2.45. The van der Waals surface area contributed by atoms with Crippen LogP contribution in [0.5, 0.6) is 0 Å². The molecule has 2 aromatic rings. The van der Waals surface area contributed by atoms with Gasteiger partial charge in [0.15, 0.2) is 0 Å². The monoisotopic (exact) mass is 448 g/mol. The minimum Gasteiger partial charge on any atom is -0.378 e. The first-order valence-electron chi connectivity index (χ1n) is 11.0. The van der Waals surface area contributed by atoms with Crippen LogP contribution in [-0.2, 0) is 16.1 Å². The molecule has 4 amide bonds. The van der Waals surface area contributed by atoms with E-state index in [9.17, 15) is 19.2 Å². The van der Waals surface area contributed by atoms with Gasteiger partial charge < -0.3 is 15.5 Å². The summed E-state index contributed by atoms with van der Waals surface area (Å²) in [5.74, 6) is -2.02. The normalized spacial score (nSPS) is 20.7. The highest BCUT2D eigenvalue weighted by Crippen LogP contribution is 2.31. The number of hydrogen-bond donors (Lipinski definition) is 3. The van der Waals surface area contributed by atoms with Gasteiger partial charge in [0.25, 0.3) is 11.8 Å². The molecule has 0 aliphatic carbocycles. The molecule has 0 bridgehead atoms. The number of fused-ring (bicyclic) bond motifs is 1. The van der Waals surface area contributed by atoms with E-state index in [1.807, 2.05) is 6.07 Å². The molecule has 2 fully saturated rings. The Morgan fingerprint density at radius 2 is 1.88 bits per heavy atom. The average molecular weight is 448 g/mol. The predicted octanol–water partition coefficient (Wildman–Crippen LogP) is 0.505. The summed E-state index contributed by atoms with van der Waals surface area (Å²) in [6.45, 7) is 3.89. The molecule has 1 unspecified atom stereocenters. The van der Waals surface area contributed by atoms with Gasteiger partial charge in [-0.25, -0.2) is 0 Å². The first-order chi connectivity index (χ1) is 16.0. The predicted molar refractivity (Wildman–Crippen MR) is 120 cm³/mol. The maximum Gasteiger partial charge on any atom is 0.262 e. The number of nitrogens with zero attached hydrogens (tertiary/aromatic N) is 3. The molecule has 4 heterocycles. The van der Waals surface area contributed by atoms with Crippen molar-refractivity contribution in [2.75, 3.05) is 36.4 Å². The fourth-order valence-corrected chi connectivity index (χ4v) is 4.63. The third kappa shape index (κ3) is 3.82. The number of aromatic nitrogens is 1. The lowest BCUT2D eigenvalue weighted by Crippen LogP contribution is -2.54. The van der Waals surface area contributed by atoms with Gasteiger partial charge in [0, 0.05) is 45.3 Å². The highest BCUT2D eigenvalue weighted by molar-refractivity contribution is 6.24. The summed E-state index contributed by atoms with van der Waals surface area (Å²) >= 11 is 0. The van der Waals surface area contributed by atoms with Gasteiger partial charge in [-0.1, -0.05) is 12.1 Å². The molecule has 0 saturated carbocycles. The second-order valence-corrected chi connectivity index (χ2v) is 8.27. The van der Waals surface area contributed by atoms with Crippen LogP contribution in [0.25, 0.3) is 0 Å². The quantitative estimate of drug-likeness (QED) is 0.565. The van der Waals surface area contributed by atoms with Crippen molar-refractivity contribution in [1.82, 2.24) is 20.5 Å². The molecular weight excluding hydrogens is 424 g/mol. The van der Waals surface area contributed by atoms with Crippen molar-refractivity contribution in [3.05, 3.63) is 53.3 Å². The van der Waals surface area contributed by atoms with Crippen molar-refractivity contribution in [1.29, 1.82) is 0 Å². The molecular formula is C23H24N6O4. The molecule has 1 aromatic carbocycles. The van der Waals surface area contributed by atoms with E-state index in [0.717, 1.165) is 42.5 Å². The first-order valence-corrected chi connectivity index (χ1v) is 11.0. The molecule has 33 heavy (non-hydrogen) atoms. The Morgan fingerprint density at radius 1 is 1.06 bits per heavy atom. The molecule has 3 N–H and O–H groups in total. The molecule has 0 radical (unpaired) electrons. The molecule has 170 valence electrons. The fourth-order valence-electron chi connectivity index (χ4n) is 4.63. The summed E-state index contributed by atoms with van der Waals surface area (Å²) in [7, 11) is 0. The summed E-state index contributed by atoms with van der Waals surface area (Å²) in [4.78, 5) is 57.6. The van der Waals surface area contributed by atoms with Crippen LogP contribution in [0.4, 0.5) is 11.4 Å². The Hall–Kier alpha value is -3.79. The summed E-state index contributed by atoms with van der Waals surface area (Å²) in [6.07, 6.45) is 3.73. The number of carbonyl (C=O) groups excluding carboxylic acids is 4. The van der Waals surface area contributed by atoms with E-state index in [-0.39, 0.29) is 18.4 Å². The van der Waals surface area contributed by atoms with Crippen LogP contribution in [0, 0.1) is 0 Å². The number of imide groups is 2. The largest absolute Gasteiger partial charge is 0.378 e. The molecule has 10 nitrogen and oxygen atoms in total. The maximum absolute atomic E-state index is 13.3. The average Bonchev–Trinajstić information content (AvgIpc) is 3.09. The van der Waals surface area contributed by atoms with E-state index in [4.69, 9.17) is 0 Å². The number of piperazine rings is 1. The third-order valence-corrected chi connectivity index (χ3v) is 6.28. The van der Waals surface area contributed by atoms with Crippen LogP contribution in [-0.4, -0.2) is 65.7 Å². The van der Waals surface area contributed by atoms with E-state index in [0.29, 0.717) is 17.7 Å². The zero-order valence-corrected chi connectivity index (χ0v) is 18.0. The van der Waals surface area contributed by atoms with Crippen LogP contribution in [0.15, 0.2) is 36.7 Å². The molecule has 1 atom stereocenters. The van der Waals surface area contributed by atoms with E-state index < -0.39 is 29.7 Å². The highest BCUT2D eigenvalue weighted by atomic mass is 16.2. The van der Waals surface area contributed by atoms with E-state index in [1.165, 1.54) is 0 Å². The molecule has 3 aliphatic rings. The summed E-state index contributed by atoms with van der Waals surface area (Å²) in [6, 6.07) is 6.11. The third-order valence-electron chi connectivity index (χ3n) is 6.28. The second-order valence-electron chi connectivity index (χ2n) is 8.27. The Bertz CT molecular complexity index is 1140. The summed E-state index contributed by atoms with van der Waals surface area (Å²) in [5.41, 5.74) is 3.11. The molecule has 2 saturated heterocycles. The van der Waals surface area contributed by atoms with E-state index in [1.54, 1.807) is 30.6 Å². The van der Waals surface area contributed by atoms with E-state index >= 15 is 0 Å². The number of benzene rings is 1. The van der Waals surface area contributed by atoms with Crippen molar-refractivity contribution in [2.24, 2.45) is 0 Å². The Labute approximate surface area is 190 Å². The smallest absolute Gasteiger partial charge is 0.262 e. The topological polar surface area (TPSA) is 124 Å². The maximum atomic E-state index is 13.3. The van der Waals surface area contributed by atoms with Crippen LogP contribution >= 0.6 is 0 Å². The van der Waals surface area contributed by atoms with Crippen molar-refractivity contribution < 1.29 is 19.2 Å². The SMILES string of the molecule is O=C1CCC(N2C(=O)c3cccc(CNc4cnccc4N4CCNCC4)c3C2=O)C(=O)N1. The van der Waals surface area contributed by atoms with E-state index in [2.05, 4.69) is 25.8 Å². The number of nitrogens with one attached hydrogen (secondary N) is 3. The number of rotatable bonds is 5. The number of anilines is 2. The molecule has 3 aliphatic heterocycles. The Morgan fingerprint density at radius 3 is 2.67 bits per heavy atom. The van der Waals surface area contributed by atoms with Crippen LogP contribution in [0.2, 0.25) is 0 Å². The van der Waals surface area contributed by atoms with Crippen LogP contribution in [0.1, 0.15) is 39.1 Å². The lowest BCUT2D eigenvalue weighted by atomic mass is 10.0. The minimum absolute atomic E-state index is 0.0913. The van der Waals surface area contributed by atoms with Crippen molar-refractivity contribution in [2.45, 2.75) is 25.4 Å². The number of amides is 4. The van der Waals surface area contributed by atoms with Crippen molar-refractivity contribution >= 4 is 35.0 Å². The molecule has 0 spiro atoms. The van der Waals surface area contributed by atoms with Gasteiger partial charge >= 0.3 is 0 Å². The molecule has 5 rings (SSSR count). The van der Waals surface area contributed by atoms with Gasteiger partial charge in [0.05, 0.1) is 28.7 Å². The van der Waals surface area contributed by atoms with Crippen molar-refractivity contribution in [3.8, 4) is 0 Å². The second kappa shape index (κ2) is 8.62. The zero-order valence-electron chi connectivity index (χ0n) is 18.0. The summed E-state index contributed by atoms with van der Waals surface area (Å²) in [5, 5.41) is 8.93. The molecule has 10 heteroatoms. The van der Waals surface area contributed by atoms with Crippen LogP contribution in [0.3, 0.4) is 0 Å². The minimum atomic E-state index is -0.978. The Balaban J connectivity index is 1.39. The lowest BCUT2D eigenvalue weighted by molar-refractivity contribution is -0.136. The number of piperidine rings is 1. The fraction of sp³-hybridized carbons (Fsp3) is 0.348. The number of pyridine rings is 1. The van der Waals surface area contributed by atoms with Gasteiger partial charge in [-0.3, -0.25) is 34.4 Å². The van der Waals surface area contributed by atoms with Crippen molar-refractivity contribution in [3.63, 3.8) is 0 Å². The number of carbonyl (C=O) groups is 4. The number of hydrogen-bond acceptors (Lipinski definition) is 8. The van der Waals surface area contributed by atoms with Gasteiger partial charge in [-0.2, -0.15) is 0 Å². The van der Waals surface area contributed by atoms with Gasteiger partial charge in [-0.15, -0.1) is 0 Å². The molecule has 1 aromatic heterocycles.